The molecular formula is C20H22N2O3. The van der Waals surface area contributed by atoms with Crippen molar-refractivity contribution in [3.8, 4) is 5.75 Å². The average molecular weight is 338 g/mol. The van der Waals surface area contributed by atoms with Gasteiger partial charge in [-0.05, 0) is 37.5 Å². The van der Waals surface area contributed by atoms with Crippen molar-refractivity contribution in [2.75, 3.05) is 11.9 Å². The maximum absolute atomic E-state index is 12.3. The van der Waals surface area contributed by atoms with Crippen LogP contribution in [0.15, 0.2) is 59.8 Å². The summed E-state index contributed by atoms with van der Waals surface area (Å²) in [6.45, 7) is 2.43. The lowest BCUT2D eigenvalue weighted by atomic mass is 10.1. The topological polar surface area (TPSA) is 59.9 Å². The summed E-state index contributed by atoms with van der Waals surface area (Å²) in [5, 5.41) is 6.69. The molecule has 0 aromatic heterocycles. The molecule has 25 heavy (non-hydrogen) atoms. The first-order valence-corrected chi connectivity index (χ1v) is 8.48. The number of oxime groups is 1. The summed E-state index contributed by atoms with van der Waals surface area (Å²) in [6.07, 6.45) is 1.82. The smallest absolute Gasteiger partial charge is 0.268 e. The van der Waals surface area contributed by atoms with E-state index in [0.29, 0.717) is 24.5 Å². The lowest BCUT2D eigenvalue weighted by Gasteiger charge is -2.14. The Kier molecular flexibility index (Phi) is 5.67. The minimum atomic E-state index is -0.564. The average Bonchev–Trinajstić information content (AvgIpc) is 3.07. The van der Waals surface area contributed by atoms with Gasteiger partial charge in [0.15, 0.2) is 0 Å². The first-order valence-electron chi connectivity index (χ1n) is 8.48. The van der Waals surface area contributed by atoms with E-state index < -0.39 is 6.10 Å². The van der Waals surface area contributed by atoms with Crippen molar-refractivity contribution < 1.29 is 14.4 Å². The second-order valence-corrected chi connectivity index (χ2v) is 6.05. The molecule has 0 fully saturated rings. The summed E-state index contributed by atoms with van der Waals surface area (Å²) in [5.41, 5.74) is 2.77. The molecular weight excluding hydrogens is 316 g/mol. The van der Waals surface area contributed by atoms with E-state index in [-0.39, 0.29) is 5.91 Å². The molecule has 0 aliphatic carbocycles. The molecule has 1 amide bonds. The summed E-state index contributed by atoms with van der Waals surface area (Å²) in [4.78, 5) is 17.4. The third kappa shape index (κ3) is 4.83. The van der Waals surface area contributed by atoms with E-state index in [0.717, 1.165) is 18.6 Å². The van der Waals surface area contributed by atoms with E-state index in [2.05, 4.69) is 22.6 Å². The molecule has 5 nitrogen and oxygen atoms in total. The lowest BCUT2D eigenvalue weighted by molar-refractivity contribution is -0.125. The van der Waals surface area contributed by atoms with Gasteiger partial charge in [-0.15, -0.1) is 0 Å². The summed E-state index contributed by atoms with van der Waals surface area (Å²) in [7, 11) is 0. The first kappa shape index (κ1) is 17.0. The van der Waals surface area contributed by atoms with Crippen molar-refractivity contribution in [3.05, 3.63) is 60.2 Å². The largest absolute Gasteiger partial charge is 0.491 e. The molecule has 0 radical (unpaired) electrons. The maximum atomic E-state index is 12.3. The zero-order chi connectivity index (χ0) is 17.5. The molecule has 5 heteroatoms. The number of carbonyl (C=O) groups excluding carboxylic acids is 1. The molecule has 2 aromatic carbocycles. The van der Waals surface area contributed by atoms with E-state index >= 15 is 0 Å². The van der Waals surface area contributed by atoms with Gasteiger partial charge in [-0.3, -0.25) is 4.79 Å². The number of ether oxygens (including phenoxy) is 1. The Morgan fingerprint density at radius 1 is 1.20 bits per heavy atom. The van der Waals surface area contributed by atoms with Crippen LogP contribution >= 0.6 is 0 Å². The fraction of sp³-hybridized carbons (Fsp3) is 0.300. The van der Waals surface area contributed by atoms with Gasteiger partial charge in [-0.25, -0.2) is 0 Å². The van der Waals surface area contributed by atoms with Crippen LogP contribution in [0.3, 0.4) is 0 Å². The van der Waals surface area contributed by atoms with E-state index in [1.165, 1.54) is 5.56 Å². The molecule has 0 bridgehead atoms. The standard InChI is InChI=1S/C20H22N2O3/c1-15-14-19(25-22-15)20(23)21-17-11-5-6-12-18(17)24-13-7-10-16-8-3-2-4-9-16/h2-6,8-9,11-12,19H,7,10,13-14H2,1H3,(H,21,23). The number of para-hydroxylation sites is 2. The van der Waals surface area contributed by atoms with Crippen LogP contribution in [0.4, 0.5) is 5.69 Å². The third-order valence-electron chi connectivity index (χ3n) is 3.96. The highest BCUT2D eigenvalue weighted by atomic mass is 16.6. The normalized spacial score (nSPS) is 16.0. The van der Waals surface area contributed by atoms with Crippen molar-refractivity contribution in [3.63, 3.8) is 0 Å². The van der Waals surface area contributed by atoms with Crippen LogP contribution in [0.5, 0.6) is 5.75 Å². The van der Waals surface area contributed by atoms with E-state index in [4.69, 9.17) is 9.57 Å². The van der Waals surface area contributed by atoms with Gasteiger partial charge < -0.3 is 14.9 Å². The molecule has 1 aliphatic rings. The van der Waals surface area contributed by atoms with Crippen LogP contribution in [0.1, 0.15) is 25.3 Å². The molecule has 0 spiro atoms. The van der Waals surface area contributed by atoms with Gasteiger partial charge in [-0.1, -0.05) is 47.6 Å². The Morgan fingerprint density at radius 3 is 2.72 bits per heavy atom. The fourth-order valence-corrected chi connectivity index (χ4v) is 2.65. The van der Waals surface area contributed by atoms with Gasteiger partial charge >= 0.3 is 0 Å². The van der Waals surface area contributed by atoms with Crippen molar-refractivity contribution in [2.45, 2.75) is 32.3 Å². The minimum absolute atomic E-state index is 0.207. The van der Waals surface area contributed by atoms with Crippen molar-refractivity contribution in [1.29, 1.82) is 0 Å². The SMILES string of the molecule is CC1=NOC(C(=O)Nc2ccccc2OCCCc2ccccc2)C1. The van der Waals surface area contributed by atoms with Crippen LogP contribution in [0.25, 0.3) is 0 Å². The highest BCUT2D eigenvalue weighted by Gasteiger charge is 2.26. The van der Waals surface area contributed by atoms with Crippen molar-refractivity contribution in [1.82, 2.24) is 0 Å². The number of anilines is 1. The molecule has 1 aliphatic heterocycles. The predicted octanol–water partition coefficient (Wildman–Crippen LogP) is 3.80. The minimum Gasteiger partial charge on any atom is -0.491 e. The van der Waals surface area contributed by atoms with Crippen LogP contribution in [0.2, 0.25) is 0 Å². The lowest BCUT2D eigenvalue weighted by Crippen LogP contribution is -2.27. The Balaban J connectivity index is 1.51. The third-order valence-corrected chi connectivity index (χ3v) is 3.96. The summed E-state index contributed by atoms with van der Waals surface area (Å²) < 4.78 is 5.86. The van der Waals surface area contributed by atoms with Crippen LogP contribution < -0.4 is 10.1 Å². The van der Waals surface area contributed by atoms with E-state index in [9.17, 15) is 4.79 Å². The number of rotatable bonds is 7. The monoisotopic (exact) mass is 338 g/mol. The number of carbonyl (C=O) groups is 1. The Morgan fingerprint density at radius 2 is 1.96 bits per heavy atom. The molecule has 1 atom stereocenters. The molecule has 3 rings (SSSR count). The van der Waals surface area contributed by atoms with E-state index in [1.807, 2.05) is 49.4 Å². The number of benzene rings is 2. The molecule has 0 saturated carbocycles. The zero-order valence-electron chi connectivity index (χ0n) is 14.3. The Labute approximate surface area is 147 Å². The number of nitrogens with one attached hydrogen (secondary N) is 1. The molecule has 2 aromatic rings. The maximum Gasteiger partial charge on any atom is 0.268 e. The van der Waals surface area contributed by atoms with Crippen LogP contribution in [-0.2, 0) is 16.1 Å². The first-order chi connectivity index (χ1) is 12.2. The molecule has 1 heterocycles. The molecule has 1 N–H and O–H groups in total. The summed E-state index contributed by atoms with van der Waals surface area (Å²) in [5.74, 6) is 0.459. The van der Waals surface area contributed by atoms with Gasteiger partial charge in [0.05, 0.1) is 18.0 Å². The van der Waals surface area contributed by atoms with Gasteiger partial charge in [-0.2, -0.15) is 0 Å². The van der Waals surface area contributed by atoms with Gasteiger partial charge in [0.2, 0.25) is 6.10 Å². The Hall–Kier alpha value is -2.82. The second kappa shape index (κ2) is 8.33. The number of amides is 1. The van der Waals surface area contributed by atoms with Gasteiger partial charge in [0, 0.05) is 6.42 Å². The molecule has 130 valence electrons. The Bertz CT molecular complexity index is 744. The highest BCUT2D eigenvalue weighted by molar-refractivity contribution is 5.99. The van der Waals surface area contributed by atoms with Crippen LogP contribution in [-0.4, -0.2) is 24.3 Å². The molecule has 1 unspecified atom stereocenters. The number of hydrogen-bond donors (Lipinski definition) is 1. The van der Waals surface area contributed by atoms with Gasteiger partial charge in [0.1, 0.15) is 5.75 Å². The quantitative estimate of drug-likeness (QED) is 0.781. The van der Waals surface area contributed by atoms with Crippen molar-refractivity contribution in [2.24, 2.45) is 5.16 Å². The second-order valence-electron chi connectivity index (χ2n) is 6.05. The summed E-state index contributed by atoms with van der Waals surface area (Å²) in [6, 6.07) is 17.8. The zero-order valence-corrected chi connectivity index (χ0v) is 14.3. The van der Waals surface area contributed by atoms with E-state index in [1.54, 1.807) is 0 Å². The van der Waals surface area contributed by atoms with Gasteiger partial charge in [0.25, 0.3) is 5.91 Å². The number of nitrogens with zero attached hydrogens (tertiary/aromatic N) is 1. The van der Waals surface area contributed by atoms with Crippen LogP contribution in [0, 0.1) is 0 Å². The number of hydrogen-bond acceptors (Lipinski definition) is 4. The molecule has 0 saturated heterocycles. The summed E-state index contributed by atoms with van der Waals surface area (Å²) >= 11 is 0. The number of aryl methyl sites for hydroxylation is 1. The highest BCUT2D eigenvalue weighted by Crippen LogP contribution is 2.25. The predicted molar refractivity (Wildman–Crippen MR) is 97.9 cm³/mol. The fourth-order valence-electron chi connectivity index (χ4n) is 2.65. The van der Waals surface area contributed by atoms with Crippen molar-refractivity contribution >= 4 is 17.3 Å².